The van der Waals surface area contributed by atoms with Crippen molar-refractivity contribution in [2.75, 3.05) is 32.7 Å². The lowest BCUT2D eigenvalue weighted by Gasteiger charge is -2.27. The lowest BCUT2D eigenvalue weighted by Crippen LogP contribution is -2.37. The van der Waals surface area contributed by atoms with Gasteiger partial charge in [0, 0.05) is 43.9 Å². The topological polar surface area (TPSA) is 52.7 Å². The molecule has 1 N–H and O–H groups in total. The van der Waals surface area contributed by atoms with Crippen molar-refractivity contribution in [1.29, 1.82) is 0 Å². The predicted molar refractivity (Wildman–Crippen MR) is 106 cm³/mol. The number of thiophene rings is 1. The van der Waals surface area contributed by atoms with Gasteiger partial charge >= 0.3 is 0 Å². The molecule has 2 fully saturated rings. The molecule has 7 heteroatoms. The van der Waals surface area contributed by atoms with E-state index in [-0.39, 0.29) is 24.2 Å². The van der Waals surface area contributed by atoms with Gasteiger partial charge in [0.2, 0.25) is 11.8 Å². The second kappa shape index (κ2) is 8.72. The van der Waals surface area contributed by atoms with E-state index >= 15 is 0 Å². The molecule has 3 aliphatic heterocycles. The molecule has 0 aromatic carbocycles. The van der Waals surface area contributed by atoms with Gasteiger partial charge in [-0.25, -0.2) is 0 Å². The van der Waals surface area contributed by atoms with Crippen LogP contribution in [0.15, 0.2) is 11.4 Å². The summed E-state index contributed by atoms with van der Waals surface area (Å²) in [6.07, 6.45) is 3.87. The third kappa shape index (κ3) is 4.24. The minimum Gasteiger partial charge on any atom is -0.343 e. The Balaban J connectivity index is 0.00000196. The third-order valence-corrected chi connectivity index (χ3v) is 7.11. The van der Waals surface area contributed by atoms with Crippen LogP contribution in [0.5, 0.6) is 0 Å². The summed E-state index contributed by atoms with van der Waals surface area (Å²) >= 11 is 1.78. The van der Waals surface area contributed by atoms with Crippen LogP contribution in [0.3, 0.4) is 0 Å². The van der Waals surface area contributed by atoms with Gasteiger partial charge in [0.1, 0.15) is 0 Å². The zero-order valence-corrected chi connectivity index (χ0v) is 16.7. The normalized spacial score (nSPS) is 25.1. The maximum atomic E-state index is 12.6. The van der Waals surface area contributed by atoms with Crippen LogP contribution in [0.4, 0.5) is 0 Å². The number of carbonyl (C=O) groups excluding carboxylic acids is 2. The molecule has 0 aliphatic carbocycles. The first-order valence-corrected chi connectivity index (χ1v) is 10.4. The molecule has 0 bridgehead atoms. The molecule has 1 aromatic rings. The molecular formula is C19H28ClN3O2S. The Bertz CT molecular complexity index is 636. The third-order valence-electron chi connectivity index (χ3n) is 6.09. The Morgan fingerprint density at radius 2 is 1.69 bits per heavy atom. The van der Waals surface area contributed by atoms with E-state index in [0.717, 1.165) is 63.8 Å². The van der Waals surface area contributed by atoms with E-state index in [0.29, 0.717) is 19.4 Å². The standard InChI is InChI=1S/C19H27N3O2S.ClH/c23-18(21-7-3-14-11-20-12-15(14)4-8-21)1-2-19(24)22-9-5-17-16(13-22)6-10-25-17;/h6,10,14-15,20H,1-5,7-9,11-13H2;1H/t14-,15+;. The molecule has 4 heterocycles. The predicted octanol–water partition coefficient (Wildman–Crippen LogP) is 2.29. The maximum absolute atomic E-state index is 12.6. The summed E-state index contributed by atoms with van der Waals surface area (Å²) in [7, 11) is 0. The van der Waals surface area contributed by atoms with Crippen LogP contribution in [-0.2, 0) is 22.6 Å². The van der Waals surface area contributed by atoms with Crippen molar-refractivity contribution in [2.24, 2.45) is 11.8 Å². The van der Waals surface area contributed by atoms with Gasteiger partial charge in [-0.2, -0.15) is 0 Å². The Hall–Kier alpha value is -1.11. The first-order chi connectivity index (χ1) is 12.2. The Kier molecular flexibility index (Phi) is 6.59. The van der Waals surface area contributed by atoms with Crippen molar-refractivity contribution in [3.05, 3.63) is 21.9 Å². The summed E-state index contributed by atoms with van der Waals surface area (Å²) in [6.45, 7) is 5.43. The number of amides is 2. The van der Waals surface area contributed by atoms with Crippen LogP contribution >= 0.6 is 23.7 Å². The molecule has 144 valence electrons. The zero-order chi connectivity index (χ0) is 17.2. The fourth-order valence-electron chi connectivity index (χ4n) is 4.46. The smallest absolute Gasteiger partial charge is 0.223 e. The highest BCUT2D eigenvalue weighted by molar-refractivity contribution is 7.10. The van der Waals surface area contributed by atoms with E-state index in [2.05, 4.69) is 16.8 Å². The first-order valence-electron chi connectivity index (χ1n) is 9.52. The highest BCUT2D eigenvalue weighted by Crippen LogP contribution is 2.28. The molecule has 3 aliphatic rings. The van der Waals surface area contributed by atoms with E-state index in [1.165, 1.54) is 10.4 Å². The largest absolute Gasteiger partial charge is 0.343 e. The lowest BCUT2D eigenvalue weighted by atomic mass is 9.92. The Morgan fingerprint density at radius 1 is 1.04 bits per heavy atom. The second-order valence-corrected chi connectivity index (χ2v) is 8.57. The van der Waals surface area contributed by atoms with Gasteiger partial charge in [-0.15, -0.1) is 23.7 Å². The van der Waals surface area contributed by atoms with E-state index in [9.17, 15) is 9.59 Å². The summed E-state index contributed by atoms with van der Waals surface area (Å²) in [5.74, 6) is 1.75. The quantitative estimate of drug-likeness (QED) is 0.851. The van der Waals surface area contributed by atoms with Gasteiger partial charge < -0.3 is 15.1 Å². The van der Waals surface area contributed by atoms with E-state index < -0.39 is 0 Å². The number of carbonyl (C=O) groups is 2. The van der Waals surface area contributed by atoms with Crippen LogP contribution in [0.2, 0.25) is 0 Å². The van der Waals surface area contributed by atoms with Crippen molar-refractivity contribution >= 4 is 35.6 Å². The average Bonchev–Trinajstić information content (AvgIpc) is 3.24. The number of fused-ring (bicyclic) bond motifs is 2. The highest BCUT2D eigenvalue weighted by atomic mass is 35.5. The van der Waals surface area contributed by atoms with Gasteiger partial charge in [0.15, 0.2) is 0 Å². The van der Waals surface area contributed by atoms with Gasteiger partial charge in [-0.05, 0) is 61.2 Å². The second-order valence-electron chi connectivity index (χ2n) is 7.57. The highest BCUT2D eigenvalue weighted by Gasteiger charge is 2.31. The van der Waals surface area contributed by atoms with Gasteiger partial charge in [0.05, 0.1) is 0 Å². The summed E-state index contributed by atoms with van der Waals surface area (Å²) in [4.78, 5) is 30.4. The molecule has 5 nitrogen and oxygen atoms in total. The van der Waals surface area contributed by atoms with Crippen molar-refractivity contribution < 1.29 is 9.59 Å². The van der Waals surface area contributed by atoms with Crippen molar-refractivity contribution in [3.63, 3.8) is 0 Å². The number of likely N-dealkylation sites (tertiary alicyclic amines) is 1. The molecule has 4 rings (SSSR count). The molecule has 0 unspecified atom stereocenters. The Morgan fingerprint density at radius 3 is 2.38 bits per heavy atom. The first kappa shape index (κ1) is 19.6. The average molecular weight is 398 g/mol. The number of rotatable bonds is 3. The van der Waals surface area contributed by atoms with Crippen molar-refractivity contribution in [3.8, 4) is 0 Å². The van der Waals surface area contributed by atoms with Gasteiger partial charge in [-0.1, -0.05) is 0 Å². The van der Waals surface area contributed by atoms with Crippen LogP contribution in [0.1, 0.15) is 36.1 Å². The number of nitrogens with zero attached hydrogens (tertiary/aromatic N) is 2. The molecule has 0 spiro atoms. The monoisotopic (exact) mass is 397 g/mol. The number of halogens is 1. The SMILES string of the molecule is Cl.O=C(CCC(=O)N1CCc2sccc2C1)N1CC[C@@H]2CNC[C@@H]2CC1. The van der Waals surface area contributed by atoms with Crippen molar-refractivity contribution in [2.45, 2.75) is 38.6 Å². The number of nitrogens with one attached hydrogen (secondary N) is 1. The van der Waals surface area contributed by atoms with Gasteiger partial charge in [0.25, 0.3) is 0 Å². The molecule has 2 amide bonds. The van der Waals surface area contributed by atoms with Crippen LogP contribution in [-0.4, -0.2) is 54.3 Å². The molecule has 0 radical (unpaired) electrons. The minimum atomic E-state index is 0. The van der Waals surface area contributed by atoms with E-state index in [1.54, 1.807) is 11.3 Å². The van der Waals surface area contributed by atoms with Crippen LogP contribution < -0.4 is 5.32 Å². The molecule has 2 atom stereocenters. The lowest BCUT2D eigenvalue weighted by molar-refractivity contribution is -0.137. The molecule has 0 saturated carbocycles. The number of hydrogen-bond donors (Lipinski definition) is 1. The van der Waals surface area contributed by atoms with Crippen LogP contribution in [0, 0.1) is 11.8 Å². The fraction of sp³-hybridized carbons (Fsp3) is 0.684. The van der Waals surface area contributed by atoms with Crippen LogP contribution in [0.25, 0.3) is 0 Å². The summed E-state index contributed by atoms with van der Waals surface area (Å²) < 4.78 is 0. The Labute approximate surface area is 165 Å². The summed E-state index contributed by atoms with van der Waals surface area (Å²) in [6, 6.07) is 2.12. The molecule has 2 saturated heterocycles. The molecule has 26 heavy (non-hydrogen) atoms. The number of hydrogen-bond acceptors (Lipinski definition) is 4. The fourth-order valence-corrected chi connectivity index (χ4v) is 5.35. The zero-order valence-electron chi connectivity index (χ0n) is 15.1. The summed E-state index contributed by atoms with van der Waals surface area (Å²) in [5, 5.41) is 5.57. The molecule has 1 aromatic heterocycles. The van der Waals surface area contributed by atoms with E-state index in [4.69, 9.17) is 0 Å². The minimum absolute atomic E-state index is 0. The van der Waals surface area contributed by atoms with E-state index in [1.807, 2.05) is 9.80 Å². The summed E-state index contributed by atoms with van der Waals surface area (Å²) in [5.41, 5.74) is 1.28. The van der Waals surface area contributed by atoms with Gasteiger partial charge in [-0.3, -0.25) is 9.59 Å². The molecular weight excluding hydrogens is 370 g/mol. The van der Waals surface area contributed by atoms with Crippen molar-refractivity contribution in [1.82, 2.24) is 15.1 Å². The maximum Gasteiger partial charge on any atom is 0.223 e.